The fourth-order valence-electron chi connectivity index (χ4n) is 3.38. The van der Waals surface area contributed by atoms with Gasteiger partial charge in [-0.15, -0.1) is 0 Å². The SMILES string of the molecule is COC[C@H]1CN(C(=O)c2cc3c(C)cc(F)cc3[nH]2)CC(C)(C)O1. The van der Waals surface area contributed by atoms with Crippen LogP contribution in [0, 0.1) is 12.7 Å². The molecule has 1 aromatic carbocycles. The molecular weight excluding hydrogens is 311 g/mol. The Hall–Kier alpha value is -1.92. The van der Waals surface area contributed by atoms with Crippen LogP contribution in [0.3, 0.4) is 0 Å². The maximum Gasteiger partial charge on any atom is 0.270 e. The van der Waals surface area contributed by atoms with Crippen LogP contribution in [0.5, 0.6) is 0 Å². The zero-order valence-corrected chi connectivity index (χ0v) is 14.5. The Kier molecular flexibility index (Phi) is 4.36. The molecule has 6 heteroatoms. The van der Waals surface area contributed by atoms with Gasteiger partial charge in [0.15, 0.2) is 0 Å². The Balaban J connectivity index is 1.89. The Morgan fingerprint density at radius 2 is 2.21 bits per heavy atom. The van der Waals surface area contributed by atoms with Gasteiger partial charge < -0.3 is 19.4 Å². The minimum Gasteiger partial charge on any atom is -0.382 e. The monoisotopic (exact) mass is 334 g/mol. The molecule has 0 radical (unpaired) electrons. The Bertz CT molecular complexity index is 769. The average molecular weight is 334 g/mol. The normalized spacial score (nSPS) is 20.5. The first-order valence-corrected chi connectivity index (χ1v) is 8.04. The Morgan fingerprint density at radius 1 is 1.46 bits per heavy atom. The van der Waals surface area contributed by atoms with E-state index >= 15 is 0 Å². The molecule has 3 rings (SSSR count). The van der Waals surface area contributed by atoms with E-state index in [2.05, 4.69) is 4.98 Å². The lowest BCUT2D eigenvalue weighted by molar-refractivity contribution is -0.143. The van der Waals surface area contributed by atoms with Crippen LogP contribution in [0.25, 0.3) is 10.9 Å². The van der Waals surface area contributed by atoms with Crippen LogP contribution in [0.15, 0.2) is 18.2 Å². The van der Waals surface area contributed by atoms with Crippen LogP contribution < -0.4 is 0 Å². The van der Waals surface area contributed by atoms with Crippen molar-refractivity contribution in [2.75, 3.05) is 26.8 Å². The fraction of sp³-hybridized carbons (Fsp3) is 0.500. The van der Waals surface area contributed by atoms with Gasteiger partial charge in [-0.2, -0.15) is 0 Å². The molecule has 2 heterocycles. The molecule has 1 N–H and O–H groups in total. The van der Waals surface area contributed by atoms with Crippen molar-refractivity contribution in [2.45, 2.75) is 32.5 Å². The first kappa shape index (κ1) is 16.9. The number of ether oxygens (including phenoxy) is 2. The summed E-state index contributed by atoms with van der Waals surface area (Å²) in [6, 6.07) is 4.67. The van der Waals surface area contributed by atoms with E-state index in [1.54, 1.807) is 18.1 Å². The van der Waals surface area contributed by atoms with Gasteiger partial charge in [0.25, 0.3) is 5.91 Å². The van der Waals surface area contributed by atoms with Crippen LogP contribution in [0.4, 0.5) is 4.39 Å². The van der Waals surface area contributed by atoms with Crippen LogP contribution in [0.1, 0.15) is 29.9 Å². The predicted octanol–water partition coefficient (Wildman–Crippen LogP) is 2.88. The number of fused-ring (bicyclic) bond motifs is 1. The van der Waals surface area contributed by atoms with Gasteiger partial charge in [0, 0.05) is 31.1 Å². The minimum atomic E-state index is -0.439. The smallest absolute Gasteiger partial charge is 0.270 e. The molecule has 1 fully saturated rings. The van der Waals surface area contributed by atoms with E-state index < -0.39 is 5.60 Å². The van der Waals surface area contributed by atoms with Crippen molar-refractivity contribution in [1.82, 2.24) is 9.88 Å². The van der Waals surface area contributed by atoms with Crippen molar-refractivity contribution in [3.63, 3.8) is 0 Å². The molecule has 0 spiro atoms. The largest absolute Gasteiger partial charge is 0.382 e. The maximum atomic E-state index is 13.6. The number of aryl methyl sites for hydroxylation is 1. The highest BCUT2D eigenvalue weighted by Crippen LogP contribution is 2.25. The molecule has 1 amide bonds. The summed E-state index contributed by atoms with van der Waals surface area (Å²) >= 11 is 0. The molecule has 1 atom stereocenters. The number of carbonyl (C=O) groups excluding carboxylic acids is 1. The molecule has 1 aliphatic heterocycles. The van der Waals surface area contributed by atoms with Gasteiger partial charge >= 0.3 is 0 Å². The number of morpholine rings is 1. The molecule has 0 saturated carbocycles. The highest BCUT2D eigenvalue weighted by Gasteiger charge is 2.36. The Labute approximate surface area is 140 Å². The van der Waals surface area contributed by atoms with Crippen LogP contribution in [0.2, 0.25) is 0 Å². The van der Waals surface area contributed by atoms with E-state index in [9.17, 15) is 9.18 Å². The number of H-pyrrole nitrogens is 1. The number of carbonyl (C=O) groups is 1. The average Bonchev–Trinajstić information content (AvgIpc) is 2.89. The summed E-state index contributed by atoms with van der Waals surface area (Å²) in [5.41, 5.74) is 1.47. The number of rotatable bonds is 3. The van der Waals surface area contributed by atoms with Crippen molar-refractivity contribution in [3.05, 3.63) is 35.3 Å². The third-order valence-corrected chi connectivity index (χ3v) is 4.26. The topological polar surface area (TPSA) is 54.6 Å². The summed E-state index contributed by atoms with van der Waals surface area (Å²) in [7, 11) is 1.62. The third kappa shape index (κ3) is 3.30. The van der Waals surface area contributed by atoms with Crippen molar-refractivity contribution in [3.8, 4) is 0 Å². The number of halogens is 1. The van der Waals surface area contributed by atoms with Gasteiger partial charge in [-0.3, -0.25) is 4.79 Å². The third-order valence-electron chi connectivity index (χ3n) is 4.26. The molecule has 0 bridgehead atoms. The van der Waals surface area contributed by atoms with E-state index in [1.807, 2.05) is 20.8 Å². The van der Waals surface area contributed by atoms with Crippen LogP contribution in [-0.2, 0) is 9.47 Å². The van der Waals surface area contributed by atoms with E-state index in [0.717, 1.165) is 10.9 Å². The Morgan fingerprint density at radius 3 is 2.92 bits per heavy atom. The number of methoxy groups -OCH3 is 1. The van der Waals surface area contributed by atoms with Crippen molar-refractivity contribution in [1.29, 1.82) is 0 Å². The summed E-state index contributed by atoms with van der Waals surface area (Å²) in [6.45, 7) is 7.15. The highest BCUT2D eigenvalue weighted by atomic mass is 19.1. The summed E-state index contributed by atoms with van der Waals surface area (Å²) < 4.78 is 24.7. The van der Waals surface area contributed by atoms with Crippen molar-refractivity contribution >= 4 is 16.8 Å². The second-order valence-corrected chi connectivity index (χ2v) is 7.01. The first-order chi connectivity index (χ1) is 11.3. The number of aromatic amines is 1. The van der Waals surface area contributed by atoms with Crippen LogP contribution in [-0.4, -0.2) is 54.3 Å². The predicted molar refractivity (Wildman–Crippen MR) is 89.7 cm³/mol. The lowest BCUT2D eigenvalue weighted by Gasteiger charge is -2.42. The quantitative estimate of drug-likeness (QED) is 0.939. The number of hydrogen-bond acceptors (Lipinski definition) is 3. The van der Waals surface area contributed by atoms with E-state index in [0.29, 0.717) is 30.9 Å². The van der Waals surface area contributed by atoms with E-state index in [-0.39, 0.29) is 17.8 Å². The van der Waals surface area contributed by atoms with E-state index in [1.165, 1.54) is 12.1 Å². The molecule has 2 aromatic rings. The minimum absolute atomic E-state index is 0.108. The molecule has 130 valence electrons. The molecule has 1 aromatic heterocycles. The lowest BCUT2D eigenvalue weighted by atomic mass is 10.0. The van der Waals surface area contributed by atoms with Gasteiger partial charge in [0.1, 0.15) is 11.5 Å². The van der Waals surface area contributed by atoms with Gasteiger partial charge in [-0.25, -0.2) is 4.39 Å². The molecule has 5 nitrogen and oxygen atoms in total. The summed E-state index contributed by atoms with van der Waals surface area (Å²) in [4.78, 5) is 17.7. The summed E-state index contributed by atoms with van der Waals surface area (Å²) in [6.07, 6.45) is -0.161. The van der Waals surface area contributed by atoms with Crippen molar-refractivity contribution in [2.24, 2.45) is 0 Å². The molecule has 1 aliphatic rings. The number of amides is 1. The summed E-state index contributed by atoms with van der Waals surface area (Å²) in [5.74, 6) is -0.419. The van der Waals surface area contributed by atoms with E-state index in [4.69, 9.17) is 9.47 Å². The number of nitrogens with zero attached hydrogens (tertiary/aromatic N) is 1. The number of nitrogens with one attached hydrogen (secondary N) is 1. The summed E-state index contributed by atoms with van der Waals surface area (Å²) in [5, 5.41) is 0.862. The highest BCUT2D eigenvalue weighted by molar-refractivity contribution is 5.99. The van der Waals surface area contributed by atoms with Gasteiger partial charge in [-0.05, 0) is 44.5 Å². The van der Waals surface area contributed by atoms with Gasteiger partial charge in [0.05, 0.1) is 18.3 Å². The molecular formula is C18H23FN2O3. The second kappa shape index (κ2) is 6.18. The molecule has 0 unspecified atom stereocenters. The maximum absolute atomic E-state index is 13.6. The zero-order valence-electron chi connectivity index (χ0n) is 14.5. The second-order valence-electron chi connectivity index (χ2n) is 7.01. The standard InChI is InChI=1S/C18H23FN2O3/c1-11-5-12(19)6-15-14(11)7-16(20-15)17(22)21-8-13(9-23-4)24-18(2,3)10-21/h5-7,13,20H,8-10H2,1-4H3/t13-/m1/s1. The molecule has 0 aliphatic carbocycles. The molecule has 24 heavy (non-hydrogen) atoms. The van der Waals surface area contributed by atoms with Crippen molar-refractivity contribution < 1.29 is 18.7 Å². The van der Waals surface area contributed by atoms with Gasteiger partial charge in [-0.1, -0.05) is 0 Å². The fourth-order valence-corrected chi connectivity index (χ4v) is 3.38. The first-order valence-electron chi connectivity index (χ1n) is 8.04. The lowest BCUT2D eigenvalue weighted by Crippen LogP contribution is -2.55. The number of benzene rings is 1. The number of aromatic nitrogens is 1. The van der Waals surface area contributed by atoms with Crippen LogP contribution >= 0.6 is 0 Å². The number of hydrogen-bond donors (Lipinski definition) is 1. The zero-order chi connectivity index (χ0) is 17.5. The van der Waals surface area contributed by atoms with Gasteiger partial charge in [0.2, 0.25) is 0 Å². The molecule has 1 saturated heterocycles.